The van der Waals surface area contributed by atoms with E-state index in [0.717, 1.165) is 27.5 Å². The normalized spacial score (nSPS) is 10.7. The molecule has 1 N–H and O–H groups in total. The zero-order valence-corrected chi connectivity index (χ0v) is 15.4. The Balaban J connectivity index is 1.45. The molecule has 0 saturated heterocycles. The molecule has 0 spiro atoms. The van der Waals surface area contributed by atoms with Gasteiger partial charge < -0.3 is 9.88 Å². The van der Waals surface area contributed by atoms with Crippen LogP contribution in [0.3, 0.4) is 0 Å². The summed E-state index contributed by atoms with van der Waals surface area (Å²) in [6.07, 6.45) is 5.37. The van der Waals surface area contributed by atoms with E-state index in [2.05, 4.69) is 10.3 Å². The van der Waals surface area contributed by atoms with Gasteiger partial charge in [0.25, 0.3) is 0 Å². The summed E-state index contributed by atoms with van der Waals surface area (Å²) >= 11 is 1.58. The molecule has 0 aliphatic carbocycles. The lowest BCUT2D eigenvalue weighted by molar-refractivity contribution is -0.121. The molecule has 0 fully saturated rings. The van der Waals surface area contributed by atoms with Crippen LogP contribution in [0.4, 0.5) is 0 Å². The average molecular weight is 374 g/mol. The summed E-state index contributed by atoms with van der Waals surface area (Å²) in [6.45, 7) is 0.724. The minimum absolute atomic E-state index is 0.0452. The predicted octanol–water partition coefficient (Wildman–Crippen LogP) is 3.99. The van der Waals surface area contributed by atoms with Crippen LogP contribution in [-0.4, -0.2) is 20.4 Å². The second-order valence-corrected chi connectivity index (χ2v) is 6.92. The summed E-state index contributed by atoms with van der Waals surface area (Å²) in [5.41, 5.74) is 3.96. The van der Waals surface area contributed by atoms with E-state index < -0.39 is 0 Å². The van der Waals surface area contributed by atoms with Crippen LogP contribution in [0, 0.1) is 0 Å². The second-order valence-electron chi connectivity index (χ2n) is 6.06. The smallest absolute Gasteiger partial charge is 0.240 e. The SMILES string of the molecule is O=C(Cn1cccc1-c1nc(-c2ccccc2)cs1)NCc1cccnc1. The molecule has 27 heavy (non-hydrogen) atoms. The molecule has 1 aromatic carbocycles. The fourth-order valence-electron chi connectivity index (χ4n) is 2.79. The van der Waals surface area contributed by atoms with Crippen molar-refractivity contribution in [2.75, 3.05) is 0 Å². The Morgan fingerprint density at radius 3 is 2.78 bits per heavy atom. The molecule has 0 atom stereocenters. The Kier molecular flexibility index (Phi) is 5.07. The molecule has 3 aromatic heterocycles. The van der Waals surface area contributed by atoms with Crippen LogP contribution in [0.25, 0.3) is 22.0 Å². The number of carbonyl (C=O) groups is 1. The lowest BCUT2D eigenvalue weighted by atomic mass is 10.2. The first kappa shape index (κ1) is 17.2. The van der Waals surface area contributed by atoms with Gasteiger partial charge in [-0.1, -0.05) is 36.4 Å². The van der Waals surface area contributed by atoms with Crippen molar-refractivity contribution in [1.29, 1.82) is 0 Å². The van der Waals surface area contributed by atoms with E-state index in [9.17, 15) is 4.79 Å². The maximum atomic E-state index is 12.3. The first-order valence-electron chi connectivity index (χ1n) is 8.61. The highest BCUT2D eigenvalue weighted by Gasteiger charge is 2.12. The number of rotatable bonds is 6. The van der Waals surface area contributed by atoms with E-state index in [-0.39, 0.29) is 12.5 Å². The van der Waals surface area contributed by atoms with Crippen LogP contribution in [0.2, 0.25) is 0 Å². The maximum Gasteiger partial charge on any atom is 0.240 e. The fraction of sp³-hybridized carbons (Fsp3) is 0.0952. The van der Waals surface area contributed by atoms with Gasteiger partial charge in [-0.3, -0.25) is 9.78 Å². The number of hydrogen-bond donors (Lipinski definition) is 1. The van der Waals surface area contributed by atoms with Gasteiger partial charge in [-0.15, -0.1) is 11.3 Å². The summed E-state index contributed by atoms with van der Waals surface area (Å²) in [4.78, 5) is 21.1. The lowest BCUT2D eigenvalue weighted by Crippen LogP contribution is -2.27. The Labute approximate surface area is 161 Å². The van der Waals surface area contributed by atoms with Crippen LogP contribution in [0.15, 0.2) is 78.6 Å². The van der Waals surface area contributed by atoms with Gasteiger partial charge in [0.2, 0.25) is 5.91 Å². The van der Waals surface area contributed by atoms with E-state index in [0.29, 0.717) is 6.54 Å². The van der Waals surface area contributed by atoms with E-state index in [1.54, 1.807) is 23.7 Å². The molecule has 1 amide bonds. The number of nitrogens with zero attached hydrogens (tertiary/aromatic N) is 3. The molecule has 4 aromatic rings. The quantitative estimate of drug-likeness (QED) is 0.555. The molecule has 4 rings (SSSR count). The van der Waals surface area contributed by atoms with Gasteiger partial charge >= 0.3 is 0 Å². The van der Waals surface area contributed by atoms with Crippen molar-refractivity contribution < 1.29 is 4.79 Å². The molecular formula is C21H18N4OS. The minimum atomic E-state index is -0.0452. The number of thiazole rings is 1. The molecular weight excluding hydrogens is 356 g/mol. The number of aromatic nitrogens is 3. The van der Waals surface area contributed by atoms with Crippen LogP contribution in [0.1, 0.15) is 5.56 Å². The average Bonchev–Trinajstić information content (AvgIpc) is 3.37. The summed E-state index contributed by atoms with van der Waals surface area (Å²) in [6, 6.07) is 17.8. The molecule has 3 heterocycles. The molecule has 5 nitrogen and oxygen atoms in total. The monoisotopic (exact) mass is 374 g/mol. The molecule has 134 valence electrons. The van der Waals surface area contributed by atoms with Gasteiger partial charge in [0.05, 0.1) is 11.4 Å². The number of hydrogen-bond acceptors (Lipinski definition) is 4. The van der Waals surface area contributed by atoms with Crippen molar-refractivity contribution in [3.63, 3.8) is 0 Å². The van der Waals surface area contributed by atoms with Crippen LogP contribution in [-0.2, 0) is 17.9 Å². The Morgan fingerprint density at radius 2 is 1.96 bits per heavy atom. The van der Waals surface area contributed by atoms with Gasteiger partial charge in [0, 0.05) is 36.1 Å². The van der Waals surface area contributed by atoms with Gasteiger partial charge in [0.15, 0.2) is 0 Å². The maximum absolute atomic E-state index is 12.3. The number of benzene rings is 1. The van der Waals surface area contributed by atoms with Gasteiger partial charge in [-0.2, -0.15) is 0 Å². The van der Waals surface area contributed by atoms with E-state index in [1.165, 1.54) is 0 Å². The second kappa shape index (κ2) is 7.97. The topological polar surface area (TPSA) is 59.8 Å². The van der Waals surface area contributed by atoms with Gasteiger partial charge in [-0.05, 0) is 23.8 Å². The summed E-state index contributed by atoms with van der Waals surface area (Å²) in [5.74, 6) is -0.0452. The number of nitrogens with one attached hydrogen (secondary N) is 1. The predicted molar refractivity (Wildman–Crippen MR) is 107 cm³/mol. The lowest BCUT2D eigenvalue weighted by Gasteiger charge is -2.08. The zero-order valence-electron chi connectivity index (χ0n) is 14.6. The van der Waals surface area contributed by atoms with Crippen molar-refractivity contribution in [3.05, 3.63) is 84.1 Å². The Bertz CT molecular complexity index is 1020. The van der Waals surface area contributed by atoms with E-state index >= 15 is 0 Å². The first-order chi connectivity index (χ1) is 13.3. The highest BCUT2D eigenvalue weighted by molar-refractivity contribution is 7.13. The molecule has 0 bridgehead atoms. The van der Waals surface area contributed by atoms with Gasteiger partial charge in [-0.25, -0.2) is 4.98 Å². The fourth-order valence-corrected chi connectivity index (χ4v) is 3.66. The standard InChI is InChI=1S/C21H18N4OS/c26-20(23-13-16-6-4-10-22-12-16)14-25-11-5-9-19(25)21-24-18(15-27-21)17-7-2-1-3-8-17/h1-12,15H,13-14H2,(H,23,26). The zero-order chi connectivity index (χ0) is 18.5. The molecule has 0 unspecified atom stereocenters. The van der Waals surface area contributed by atoms with Crippen molar-refractivity contribution in [2.24, 2.45) is 0 Å². The highest BCUT2D eigenvalue weighted by atomic mass is 32.1. The number of amides is 1. The third-order valence-corrected chi connectivity index (χ3v) is 5.01. The summed E-state index contributed by atoms with van der Waals surface area (Å²) in [7, 11) is 0. The molecule has 0 aliphatic heterocycles. The van der Waals surface area contributed by atoms with Crippen molar-refractivity contribution in [3.8, 4) is 22.0 Å². The minimum Gasteiger partial charge on any atom is -0.350 e. The van der Waals surface area contributed by atoms with Gasteiger partial charge in [0.1, 0.15) is 11.6 Å². The molecule has 6 heteroatoms. The van der Waals surface area contributed by atoms with Crippen LogP contribution >= 0.6 is 11.3 Å². The van der Waals surface area contributed by atoms with E-state index in [4.69, 9.17) is 4.98 Å². The molecule has 0 saturated carbocycles. The molecule has 0 radical (unpaired) electrons. The first-order valence-corrected chi connectivity index (χ1v) is 9.49. The summed E-state index contributed by atoms with van der Waals surface area (Å²) in [5, 5.41) is 5.88. The molecule has 0 aliphatic rings. The Morgan fingerprint density at radius 1 is 1.07 bits per heavy atom. The van der Waals surface area contributed by atoms with Crippen LogP contribution in [0.5, 0.6) is 0 Å². The van der Waals surface area contributed by atoms with E-state index in [1.807, 2.05) is 70.7 Å². The Hall–Kier alpha value is -3.25. The van der Waals surface area contributed by atoms with Crippen molar-refractivity contribution in [1.82, 2.24) is 19.9 Å². The number of carbonyl (C=O) groups excluding carboxylic acids is 1. The summed E-state index contributed by atoms with van der Waals surface area (Å²) < 4.78 is 1.92. The van der Waals surface area contributed by atoms with Crippen LogP contribution < -0.4 is 5.32 Å². The van der Waals surface area contributed by atoms with Crippen molar-refractivity contribution in [2.45, 2.75) is 13.1 Å². The third-order valence-electron chi connectivity index (χ3n) is 4.15. The van der Waals surface area contributed by atoms with Crippen molar-refractivity contribution >= 4 is 17.2 Å². The third kappa shape index (κ3) is 4.12. The number of pyridine rings is 1. The largest absolute Gasteiger partial charge is 0.350 e. The highest BCUT2D eigenvalue weighted by Crippen LogP contribution is 2.29.